The molecule has 0 N–H and O–H groups in total. The van der Waals surface area contributed by atoms with E-state index >= 15 is 0 Å². The molecule has 0 amide bonds. The minimum Gasteiger partial charge on any atom is -0.380 e. The van der Waals surface area contributed by atoms with Crippen molar-refractivity contribution >= 4 is 26.4 Å². The average Bonchev–Trinajstić information content (AvgIpc) is 1.23. The third-order valence-electron chi connectivity index (χ3n) is 0.959. The van der Waals surface area contributed by atoms with Crippen LogP contribution < -0.4 is 0 Å². The number of rotatable bonds is 1. The van der Waals surface area contributed by atoms with Crippen molar-refractivity contribution in [3.05, 3.63) is 0 Å². The first-order chi connectivity index (χ1) is 3.30. The third kappa shape index (κ3) is 1.13. The molecule has 1 aliphatic heterocycles. The van der Waals surface area contributed by atoms with Gasteiger partial charge in [-0.05, 0) is 0 Å². The van der Waals surface area contributed by atoms with Gasteiger partial charge in [0, 0.05) is 22.6 Å². The van der Waals surface area contributed by atoms with Gasteiger partial charge >= 0.3 is 0 Å². The van der Waals surface area contributed by atoms with Gasteiger partial charge in [0.2, 0.25) is 0 Å². The van der Waals surface area contributed by atoms with E-state index in [0.29, 0.717) is 13.2 Å². The largest absolute Gasteiger partial charge is 0.380 e. The Morgan fingerprint density at radius 3 is 2.29 bits per heavy atom. The molecule has 7 heavy (non-hydrogen) atoms. The predicted molar refractivity (Wildman–Crippen MR) is 33.3 cm³/mol. The van der Waals surface area contributed by atoms with Crippen LogP contribution in [0, 0.1) is 5.92 Å². The number of hydrogen-bond acceptors (Lipinski definition) is 2. The summed E-state index contributed by atoms with van der Waals surface area (Å²) in [6, 6.07) is 0. The molecular formula is C4H5IO2. The minimum absolute atomic E-state index is 0.209. The van der Waals surface area contributed by atoms with Gasteiger partial charge in [-0.15, -0.1) is 0 Å². The molecule has 40 valence electrons. The van der Waals surface area contributed by atoms with Crippen LogP contribution in [0.15, 0.2) is 0 Å². The van der Waals surface area contributed by atoms with Gasteiger partial charge in [-0.25, -0.2) is 0 Å². The number of carbonyl (C=O) groups excluding carboxylic acids is 1. The summed E-state index contributed by atoms with van der Waals surface area (Å²) >= 11 is 1.80. The van der Waals surface area contributed by atoms with Crippen molar-refractivity contribution < 1.29 is 9.53 Å². The molecule has 0 radical (unpaired) electrons. The lowest BCUT2D eigenvalue weighted by molar-refractivity contribution is -0.125. The highest BCUT2D eigenvalue weighted by Gasteiger charge is 2.23. The maximum Gasteiger partial charge on any atom is 0.200 e. The number of carbonyl (C=O) groups is 1. The van der Waals surface area contributed by atoms with E-state index in [4.69, 9.17) is 4.74 Å². The quantitative estimate of drug-likeness (QED) is 0.469. The van der Waals surface area contributed by atoms with E-state index in [0.717, 1.165) is 0 Å². The van der Waals surface area contributed by atoms with E-state index in [1.165, 1.54) is 0 Å². The predicted octanol–water partition coefficient (Wildman–Crippen LogP) is 0.594. The van der Waals surface area contributed by atoms with Crippen molar-refractivity contribution in [2.24, 2.45) is 5.92 Å². The molecular weight excluding hydrogens is 207 g/mol. The van der Waals surface area contributed by atoms with Crippen LogP contribution in [0.2, 0.25) is 0 Å². The lowest BCUT2D eigenvalue weighted by Crippen LogP contribution is -2.31. The van der Waals surface area contributed by atoms with E-state index in [1.807, 2.05) is 0 Å². The molecule has 1 saturated heterocycles. The Labute approximate surface area is 55.4 Å². The van der Waals surface area contributed by atoms with Crippen molar-refractivity contribution in [3.8, 4) is 0 Å². The van der Waals surface area contributed by atoms with Crippen LogP contribution in [0.5, 0.6) is 0 Å². The molecule has 2 nitrogen and oxygen atoms in total. The van der Waals surface area contributed by atoms with Crippen molar-refractivity contribution in [1.82, 2.24) is 0 Å². The van der Waals surface area contributed by atoms with Gasteiger partial charge in [0.15, 0.2) is 3.79 Å². The molecule has 1 heterocycles. The highest BCUT2D eigenvalue weighted by atomic mass is 127. The van der Waals surface area contributed by atoms with E-state index in [1.54, 1.807) is 22.6 Å². The Kier molecular flexibility index (Phi) is 1.64. The zero-order chi connectivity index (χ0) is 5.28. The van der Waals surface area contributed by atoms with Crippen LogP contribution in [0.1, 0.15) is 0 Å². The molecule has 0 aromatic carbocycles. The molecule has 3 heteroatoms. The molecule has 0 unspecified atom stereocenters. The van der Waals surface area contributed by atoms with Crippen LogP contribution in [-0.4, -0.2) is 17.0 Å². The first-order valence-electron chi connectivity index (χ1n) is 2.08. The summed E-state index contributed by atoms with van der Waals surface area (Å²) in [4.78, 5) is 10.3. The van der Waals surface area contributed by atoms with Crippen molar-refractivity contribution in [2.45, 2.75) is 0 Å². The maximum atomic E-state index is 10.3. The summed E-state index contributed by atoms with van der Waals surface area (Å²) in [6.07, 6.45) is 0. The van der Waals surface area contributed by atoms with E-state index in [-0.39, 0.29) is 9.71 Å². The Hall–Kier alpha value is 0.360. The summed E-state index contributed by atoms with van der Waals surface area (Å²) in [7, 11) is 0. The summed E-state index contributed by atoms with van der Waals surface area (Å²) in [6.45, 7) is 1.28. The van der Waals surface area contributed by atoms with Crippen LogP contribution in [0.4, 0.5) is 0 Å². The van der Waals surface area contributed by atoms with Crippen LogP contribution in [0.25, 0.3) is 0 Å². The van der Waals surface area contributed by atoms with Crippen LogP contribution in [-0.2, 0) is 9.53 Å². The fourth-order valence-electron chi connectivity index (χ4n) is 0.367. The molecule has 1 fully saturated rings. The monoisotopic (exact) mass is 212 g/mol. The van der Waals surface area contributed by atoms with E-state index in [9.17, 15) is 4.79 Å². The highest BCUT2D eigenvalue weighted by molar-refractivity contribution is 14.1. The SMILES string of the molecule is O=C(I)C1COC1. The molecule has 0 aromatic rings. The van der Waals surface area contributed by atoms with Gasteiger partial charge in [0.1, 0.15) is 0 Å². The average molecular weight is 212 g/mol. The summed E-state index contributed by atoms with van der Waals surface area (Å²) in [5.41, 5.74) is 0. The maximum absolute atomic E-state index is 10.3. The second kappa shape index (κ2) is 2.09. The standard InChI is InChI=1S/C4H5IO2/c5-4(6)3-1-7-2-3/h3H,1-2H2. The fourth-order valence-corrected chi connectivity index (χ4v) is 0.726. The molecule has 0 saturated carbocycles. The van der Waals surface area contributed by atoms with Crippen molar-refractivity contribution in [2.75, 3.05) is 13.2 Å². The first-order valence-corrected chi connectivity index (χ1v) is 3.15. The second-order valence-corrected chi connectivity index (χ2v) is 2.60. The molecule has 0 aliphatic carbocycles. The molecule has 0 aromatic heterocycles. The highest BCUT2D eigenvalue weighted by Crippen LogP contribution is 2.13. The lowest BCUT2D eigenvalue weighted by Gasteiger charge is -2.21. The molecule has 0 bridgehead atoms. The lowest BCUT2D eigenvalue weighted by atomic mass is 10.1. The number of halogens is 1. The van der Waals surface area contributed by atoms with Gasteiger partial charge < -0.3 is 4.74 Å². The topological polar surface area (TPSA) is 26.3 Å². The van der Waals surface area contributed by atoms with Crippen molar-refractivity contribution in [1.29, 1.82) is 0 Å². The van der Waals surface area contributed by atoms with Crippen LogP contribution in [0.3, 0.4) is 0 Å². The molecule has 0 spiro atoms. The van der Waals surface area contributed by atoms with Gasteiger partial charge in [-0.1, -0.05) is 0 Å². The number of hydrogen-bond donors (Lipinski definition) is 0. The normalized spacial score (nSPS) is 21.3. The number of ether oxygens (including phenoxy) is 1. The zero-order valence-corrected chi connectivity index (χ0v) is 5.84. The Balaban J connectivity index is 2.27. The Morgan fingerprint density at radius 2 is 2.29 bits per heavy atom. The van der Waals surface area contributed by atoms with Gasteiger partial charge in [-0.2, -0.15) is 0 Å². The third-order valence-corrected chi connectivity index (χ3v) is 1.84. The Bertz CT molecular complexity index is 87.7. The van der Waals surface area contributed by atoms with Crippen LogP contribution >= 0.6 is 22.6 Å². The Morgan fingerprint density at radius 1 is 1.71 bits per heavy atom. The summed E-state index contributed by atoms with van der Waals surface area (Å²) in [5, 5.41) is 0. The molecule has 1 aliphatic rings. The fraction of sp³-hybridized carbons (Fsp3) is 0.750. The zero-order valence-electron chi connectivity index (χ0n) is 3.69. The van der Waals surface area contributed by atoms with Gasteiger partial charge in [-0.3, -0.25) is 4.79 Å². The minimum atomic E-state index is 0.209. The second-order valence-electron chi connectivity index (χ2n) is 1.54. The summed E-state index contributed by atoms with van der Waals surface area (Å²) in [5.74, 6) is 0.209. The van der Waals surface area contributed by atoms with E-state index in [2.05, 4.69) is 0 Å². The first kappa shape index (κ1) is 5.50. The van der Waals surface area contributed by atoms with Gasteiger partial charge in [0.25, 0.3) is 0 Å². The van der Waals surface area contributed by atoms with Crippen molar-refractivity contribution in [3.63, 3.8) is 0 Å². The molecule has 1 rings (SSSR count). The van der Waals surface area contributed by atoms with Gasteiger partial charge in [0.05, 0.1) is 19.1 Å². The molecule has 0 atom stereocenters. The summed E-state index contributed by atoms with van der Waals surface area (Å²) < 4.78 is 5.00. The van der Waals surface area contributed by atoms with E-state index < -0.39 is 0 Å². The smallest absolute Gasteiger partial charge is 0.200 e.